The molecule has 0 radical (unpaired) electrons. The molecule has 25 heavy (non-hydrogen) atoms. The average Bonchev–Trinajstić information content (AvgIpc) is 2.92. The highest BCUT2D eigenvalue weighted by molar-refractivity contribution is 9.10. The Balaban J connectivity index is 2.04. The first-order valence-corrected chi connectivity index (χ1v) is 9.32. The highest BCUT2D eigenvalue weighted by atomic mass is 79.9. The maximum Gasteiger partial charge on any atom is 0.273 e. The Labute approximate surface area is 157 Å². The Morgan fingerprint density at radius 3 is 2.56 bits per heavy atom. The van der Waals surface area contributed by atoms with E-state index in [0.717, 1.165) is 22.4 Å². The largest absolute Gasteiger partial charge is 0.349 e. The molecule has 0 unspecified atom stereocenters. The maximum atomic E-state index is 12.4. The Kier molecular flexibility index (Phi) is 6.72. The number of hydrogen-bond acceptors (Lipinski definition) is 4. The van der Waals surface area contributed by atoms with E-state index in [-0.39, 0.29) is 5.91 Å². The standard InChI is InChI=1S/C18H26BrN5O/c1-12(2)23(13(3)4)10-9-20-18(25)17-14(5)24(22-21-17)16-8-6-7-15(19)11-16/h6-8,11-13H,9-10H2,1-5H3,(H,20,25). The quantitative estimate of drug-likeness (QED) is 0.765. The third kappa shape index (κ3) is 4.89. The minimum atomic E-state index is -0.189. The second-order valence-corrected chi connectivity index (χ2v) is 7.51. The van der Waals surface area contributed by atoms with Crippen LogP contribution in [0, 0.1) is 6.92 Å². The molecule has 2 rings (SSSR count). The molecule has 1 aromatic carbocycles. The predicted molar refractivity (Wildman–Crippen MR) is 103 cm³/mol. The first-order chi connectivity index (χ1) is 11.8. The molecular formula is C18H26BrN5O. The van der Waals surface area contributed by atoms with Crippen molar-refractivity contribution < 1.29 is 4.79 Å². The Hall–Kier alpha value is -1.73. The van der Waals surface area contributed by atoms with Gasteiger partial charge in [-0.05, 0) is 52.8 Å². The van der Waals surface area contributed by atoms with Gasteiger partial charge in [-0.15, -0.1) is 5.10 Å². The van der Waals surface area contributed by atoms with Gasteiger partial charge in [0.25, 0.3) is 5.91 Å². The third-order valence-corrected chi connectivity index (χ3v) is 4.64. The molecule has 0 aliphatic carbocycles. The second kappa shape index (κ2) is 8.58. The lowest BCUT2D eigenvalue weighted by atomic mass is 10.2. The van der Waals surface area contributed by atoms with Crippen LogP contribution in [0.2, 0.25) is 0 Å². The summed E-state index contributed by atoms with van der Waals surface area (Å²) in [7, 11) is 0. The van der Waals surface area contributed by atoms with Gasteiger partial charge in [-0.1, -0.05) is 27.2 Å². The summed E-state index contributed by atoms with van der Waals surface area (Å²) in [6.07, 6.45) is 0. The van der Waals surface area contributed by atoms with Crippen LogP contribution in [-0.4, -0.2) is 51.0 Å². The van der Waals surface area contributed by atoms with Gasteiger partial charge in [0.2, 0.25) is 0 Å². The van der Waals surface area contributed by atoms with Gasteiger partial charge in [0.05, 0.1) is 11.4 Å². The van der Waals surface area contributed by atoms with Crippen LogP contribution >= 0.6 is 15.9 Å². The van der Waals surface area contributed by atoms with Crippen molar-refractivity contribution in [2.24, 2.45) is 0 Å². The number of amides is 1. The molecule has 1 heterocycles. The van der Waals surface area contributed by atoms with Gasteiger partial charge < -0.3 is 5.32 Å². The van der Waals surface area contributed by atoms with Crippen molar-refractivity contribution in [1.29, 1.82) is 0 Å². The molecule has 1 N–H and O–H groups in total. The van der Waals surface area contributed by atoms with E-state index in [9.17, 15) is 4.79 Å². The fraction of sp³-hybridized carbons (Fsp3) is 0.500. The molecule has 0 aliphatic heterocycles. The molecule has 2 aromatic rings. The molecule has 0 atom stereocenters. The zero-order valence-corrected chi connectivity index (χ0v) is 17.0. The summed E-state index contributed by atoms with van der Waals surface area (Å²) in [5.41, 5.74) is 1.95. The van der Waals surface area contributed by atoms with Gasteiger partial charge in [0.1, 0.15) is 0 Å². The van der Waals surface area contributed by atoms with E-state index in [0.29, 0.717) is 24.3 Å². The monoisotopic (exact) mass is 407 g/mol. The van der Waals surface area contributed by atoms with Crippen molar-refractivity contribution in [3.8, 4) is 5.69 Å². The van der Waals surface area contributed by atoms with Crippen molar-refractivity contribution in [2.75, 3.05) is 13.1 Å². The summed E-state index contributed by atoms with van der Waals surface area (Å²) in [6, 6.07) is 8.61. The summed E-state index contributed by atoms with van der Waals surface area (Å²) in [5.74, 6) is -0.189. The van der Waals surface area contributed by atoms with Crippen molar-refractivity contribution in [3.05, 3.63) is 40.1 Å². The molecule has 6 nitrogen and oxygen atoms in total. The van der Waals surface area contributed by atoms with Gasteiger partial charge in [-0.2, -0.15) is 0 Å². The topological polar surface area (TPSA) is 63.1 Å². The maximum absolute atomic E-state index is 12.4. The smallest absolute Gasteiger partial charge is 0.273 e. The molecule has 0 aliphatic rings. The summed E-state index contributed by atoms with van der Waals surface area (Å²) in [6.45, 7) is 11.9. The van der Waals surface area contributed by atoms with E-state index in [2.05, 4.69) is 64.2 Å². The Morgan fingerprint density at radius 1 is 1.28 bits per heavy atom. The molecule has 0 saturated heterocycles. The predicted octanol–water partition coefficient (Wildman–Crippen LogP) is 3.19. The van der Waals surface area contributed by atoms with Crippen LogP contribution in [0.25, 0.3) is 5.69 Å². The molecule has 0 spiro atoms. The number of nitrogens with one attached hydrogen (secondary N) is 1. The van der Waals surface area contributed by atoms with Crippen LogP contribution in [0.5, 0.6) is 0 Å². The number of nitrogens with zero attached hydrogens (tertiary/aromatic N) is 4. The normalized spacial score (nSPS) is 11.6. The Bertz CT molecular complexity index is 718. The van der Waals surface area contributed by atoms with Crippen LogP contribution < -0.4 is 5.32 Å². The van der Waals surface area contributed by atoms with Crippen LogP contribution in [0.15, 0.2) is 28.7 Å². The van der Waals surface area contributed by atoms with E-state index in [1.54, 1.807) is 4.68 Å². The SMILES string of the molecule is Cc1c(C(=O)NCCN(C(C)C)C(C)C)nnn1-c1cccc(Br)c1. The highest BCUT2D eigenvalue weighted by Gasteiger charge is 2.18. The number of halogens is 1. The first-order valence-electron chi connectivity index (χ1n) is 8.53. The lowest BCUT2D eigenvalue weighted by molar-refractivity contribution is 0.0933. The summed E-state index contributed by atoms with van der Waals surface area (Å²) < 4.78 is 2.63. The van der Waals surface area contributed by atoms with Gasteiger partial charge in [0, 0.05) is 29.6 Å². The van der Waals surface area contributed by atoms with Crippen LogP contribution in [-0.2, 0) is 0 Å². The molecular weight excluding hydrogens is 382 g/mol. The number of benzene rings is 1. The van der Waals surface area contributed by atoms with E-state index < -0.39 is 0 Å². The zero-order chi connectivity index (χ0) is 18.6. The molecule has 0 saturated carbocycles. The molecule has 136 valence electrons. The Morgan fingerprint density at radius 2 is 1.96 bits per heavy atom. The van der Waals surface area contributed by atoms with Gasteiger partial charge in [0.15, 0.2) is 5.69 Å². The van der Waals surface area contributed by atoms with E-state index in [1.165, 1.54) is 0 Å². The molecule has 1 aromatic heterocycles. The highest BCUT2D eigenvalue weighted by Crippen LogP contribution is 2.17. The van der Waals surface area contributed by atoms with Crippen molar-refractivity contribution in [3.63, 3.8) is 0 Å². The van der Waals surface area contributed by atoms with E-state index >= 15 is 0 Å². The molecule has 7 heteroatoms. The first kappa shape index (κ1) is 19.6. The fourth-order valence-corrected chi connectivity index (χ4v) is 3.27. The lowest BCUT2D eigenvalue weighted by Gasteiger charge is -2.30. The van der Waals surface area contributed by atoms with E-state index in [1.807, 2.05) is 31.2 Å². The van der Waals surface area contributed by atoms with Crippen molar-refractivity contribution in [1.82, 2.24) is 25.2 Å². The molecule has 0 bridgehead atoms. The van der Waals surface area contributed by atoms with Crippen LogP contribution in [0.1, 0.15) is 43.9 Å². The minimum absolute atomic E-state index is 0.189. The van der Waals surface area contributed by atoms with Gasteiger partial charge in [-0.25, -0.2) is 4.68 Å². The number of carbonyl (C=O) groups excluding carboxylic acids is 1. The summed E-state index contributed by atoms with van der Waals surface area (Å²) in [4.78, 5) is 14.8. The summed E-state index contributed by atoms with van der Waals surface area (Å²) >= 11 is 3.45. The fourth-order valence-electron chi connectivity index (χ4n) is 2.89. The van der Waals surface area contributed by atoms with Crippen LogP contribution in [0.4, 0.5) is 0 Å². The average molecular weight is 408 g/mol. The number of aromatic nitrogens is 3. The molecule has 1 amide bonds. The second-order valence-electron chi connectivity index (χ2n) is 6.60. The van der Waals surface area contributed by atoms with Crippen molar-refractivity contribution in [2.45, 2.75) is 46.7 Å². The number of rotatable bonds is 7. The molecule has 0 fully saturated rings. The van der Waals surface area contributed by atoms with E-state index in [4.69, 9.17) is 0 Å². The third-order valence-electron chi connectivity index (χ3n) is 4.14. The minimum Gasteiger partial charge on any atom is -0.349 e. The lowest BCUT2D eigenvalue weighted by Crippen LogP contribution is -2.42. The van der Waals surface area contributed by atoms with Gasteiger partial charge >= 0.3 is 0 Å². The summed E-state index contributed by atoms with van der Waals surface area (Å²) in [5, 5.41) is 11.1. The van der Waals surface area contributed by atoms with Crippen molar-refractivity contribution >= 4 is 21.8 Å². The number of carbonyl (C=O) groups is 1. The number of hydrogen-bond donors (Lipinski definition) is 1. The zero-order valence-electron chi connectivity index (χ0n) is 15.5. The van der Waals surface area contributed by atoms with Crippen LogP contribution in [0.3, 0.4) is 0 Å². The van der Waals surface area contributed by atoms with Gasteiger partial charge in [-0.3, -0.25) is 9.69 Å².